The Morgan fingerprint density at radius 1 is 1.19 bits per heavy atom. The highest BCUT2D eigenvalue weighted by molar-refractivity contribution is 5.79. The number of rotatable bonds is 5. The summed E-state index contributed by atoms with van der Waals surface area (Å²) in [5.74, 6) is 1.86. The zero-order chi connectivity index (χ0) is 15.2. The smallest absolute Gasteiger partial charge is 0.223 e. The number of methoxy groups -OCH3 is 2. The minimum atomic E-state index is -0.0931. The van der Waals surface area contributed by atoms with Crippen LogP contribution < -0.4 is 14.8 Å². The average Bonchev–Trinajstić information content (AvgIpc) is 2.54. The van der Waals surface area contributed by atoms with Crippen LogP contribution >= 0.6 is 0 Å². The molecule has 1 aliphatic carbocycles. The molecule has 2 rings (SSSR count). The summed E-state index contributed by atoms with van der Waals surface area (Å²) in [7, 11) is 3.28. The van der Waals surface area contributed by atoms with E-state index >= 15 is 0 Å². The summed E-state index contributed by atoms with van der Waals surface area (Å²) in [5, 5.41) is 3.12. The highest BCUT2D eigenvalue weighted by atomic mass is 16.5. The van der Waals surface area contributed by atoms with Gasteiger partial charge in [-0.05, 0) is 38.0 Å². The lowest BCUT2D eigenvalue weighted by Crippen LogP contribution is -2.34. The first-order valence-electron chi connectivity index (χ1n) is 7.68. The minimum absolute atomic E-state index is 0.0931. The molecule has 1 saturated carbocycles. The Kier molecular flexibility index (Phi) is 5.48. The van der Waals surface area contributed by atoms with E-state index in [0.29, 0.717) is 0 Å². The highest BCUT2D eigenvalue weighted by Crippen LogP contribution is 2.30. The van der Waals surface area contributed by atoms with E-state index in [9.17, 15) is 4.79 Å². The molecule has 1 aliphatic rings. The van der Waals surface area contributed by atoms with E-state index in [2.05, 4.69) is 5.32 Å². The third-order valence-electron chi connectivity index (χ3n) is 4.24. The Morgan fingerprint density at radius 2 is 1.90 bits per heavy atom. The molecule has 0 bridgehead atoms. The van der Waals surface area contributed by atoms with Crippen LogP contribution in [0.5, 0.6) is 11.5 Å². The number of hydrogen-bond donors (Lipinski definition) is 1. The summed E-state index contributed by atoms with van der Waals surface area (Å²) in [4.78, 5) is 12.4. The van der Waals surface area contributed by atoms with Gasteiger partial charge >= 0.3 is 0 Å². The molecular formula is C17H25NO3. The molecule has 0 saturated heterocycles. The first-order valence-corrected chi connectivity index (χ1v) is 7.68. The van der Waals surface area contributed by atoms with Crippen LogP contribution in [0, 0.1) is 5.92 Å². The van der Waals surface area contributed by atoms with E-state index in [-0.39, 0.29) is 17.9 Å². The van der Waals surface area contributed by atoms with Crippen LogP contribution in [0.3, 0.4) is 0 Å². The first-order chi connectivity index (χ1) is 10.2. The predicted octanol–water partition coefficient (Wildman–Crippen LogP) is 3.46. The molecule has 1 N–H and O–H groups in total. The Labute approximate surface area is 126 Å². The largest absolute Gasteiger partial charge is 0.497 e. The minimum Gasteiger partial charge on any atom is -0.497 e. The Hall–Kier alpha value is -1.71. The zero-order valence-electron chi connectivity index (χ0n) is 13.1. The Bertz CT molecular complexity index is 481. The SMILES string of the molecule is COc1ccc(OC)c([C@@H](C)NC(=O)C2CCCCC2)c1. The zero-order valence-corrected chi connectivity index (χ0v) is 13.1. The third kappa shape index (κ3) is 3.90. The maximum atomic E-state index is 12.4. The third-order valence-corrected chi connectivity index (χ3v) is 4.24. The molecule has 0 unspecified atom stereocenters. The molecule has 1 aromatic rings. The summed E-state index contributed by atoms with van der Waals surface area (Å²) < 4.78 is 10.6. The van der Waals surface area contributed by atoms with Crippen LogP contribution in [0.4, 0.5) is 0 Å². The second-order valence-electron chi connectivity index (χ2n) is 5.67. The number of ether oxygens (including phenoxy) is 2. The molecule has 1 aromatic carbocycles. The summed E-state index contributed by atoms with van der Waals surface area (Å²) in [6, 6.07) is 5.56. The normalized spacial score (nSPS) is 17.1. The fraction of sp³-hybridized carbons (Fsp3) is 0.588. The fourth-order valence-electron chi connectivity index (χ4n) is 2.95. The van der Waals surface area contributed by atoms with Crippen molar-refractivity contribution in [2.75, 3.05) is 14.2 Å². The Morgan fingerprint density at radius 3 is 2.52 bits per heavy atom. The van der Waals surface area contributed by atoms with E-state index in [4.69, 9.17) is 9.47 Å². The van der Waals surface area contributed by atoms with Gasteiger partial charge in [0.15, 0.2) is 0 Å². The van der Waals surface area contributed by atoms with Gasteiger partial charge in [0, 0.05) is 11.5 Å². The molecule has 0 aliphatic heterocycles. The molecule has 0 radical (unpaired) electrons. The fourth-order valence-corrected chi connectivity index (χ4v) is 2.95. The van der Waals surface area contributed by atoms with Crippen LogP contribution in [-0.2, 0) is 4.79 Å². The summed E-state index contributed by atoms with van der Waals surface area (Å²) in [5.41, 5.74) is 0.945. The molecule has 1 fully saturated rings. The van der Waals surface area contributed by atoms with E-state index in [1.54, 1.807) is 14.2 Å². The van der Waals surface area contributed by atoms with Crippen molar-refractivity contribution in [2.45, 2.75) is 45.1 Å². The van der Waals surface area contributed by atoms with E-state index in [1.165, 1.54) is 6.42 Å². The highest BCUT2D eigenvalue weighted by Gasteiger charge is 2.23. The van der Waals surface area contributed by atoms with Gasteiger partial charge in [0.2, 0.25) is 5.91 Å². The lowest BCUT2D eigenvalue weighted by molar-refractivity contribution is -0.126. The second-order valence-corrected chi connectivity index (χ2v) is 5.67. The van der Waals surface area contributed by atoms with Crippen molar-refractivity contribution in [1.29, 1.82) is 0 Å². The summed E-state index contributed by atoms with van der Waals surface area (Å²) in [6.07, 6.45) is 5.59. The van der Waals surface area contributed by atoms with Gasteiger partial charge in [-0.2, -0.15) is 0 Å². The van der Waals surface area contributed by atoms with E-state index in [0.717, 1.165) is 42.7 Å². The van der Waals surface area contributed by atoms with Gasteiger partial charge in [-0.15, -0.1) is 0 Å². The predicted molar refractivity (Wildman–Crippen MR) is 82.7 cm³/mol. The number of carbonyl (C=O) groups excluding carboxylic acids is 1. The van der Waals surface area contributed by atoms with Gasteiger partial charge in [0.1, 0.15) is 11.5 Å². The monoisotopic (exact) mass is 291 g/mol. The van der Waals surface area contributed by atoms with Gasteiger partial charge in [-0.1, -0.05) is 19.3 Å². The van der Waals surface area contributed by atoms with Crippen molar-refractivity contribution in [2.24, 2.45) is 5.92 Å². The van der Waals surface area contributed by atoms with Crippen molar-refractivity contribution in [1.82, 2.24) is 5.32 Å². The number of benzene rings is 1. The molecule has 21 heavy (non-hydrogen) atoms. The van der Waals surface area contributed by atoms with Crippen LogP contribution in [0.1, 0.15) is 50.6 Å². The molecule has 0 aromatic heterocycles. The van der Waals surface area contributed by atoms with Crippen LogP contribution in [0.25, 0.3) is 0 Å². The molecule has 0 spiro atoms. The standard InChI is InChI=1S/C17H25NO3/c1-12(18-17(19)13-7-5-4-6-8-13)15-11-14(20-2)9-10-16(15)21-3/h9-13H,4-8H2,1-3H3,(H,18,19)/t12-/m1/s1. The quantitative estimate of drug-likeness (QED) is 0.903. The second kappa shape index (κ2) is 7.34. The van der Waals surface area contributed by atoms with E-state index in [1.807, 2.05) is 25.1 Å². The first kappa shape index (κ1) is 15.7. The molecule has 1 amide bonds. The van der Waals surface area contributed by atoms with Gasteiger partial charge in [0.25, 0.3) is 0 Å². The van der Waals surface area contributed by atoms with Crippen LogP contribution in [0.2, 0.25) is 0 Å². The van der Waals surface area contributed by atoms with Crippen LogP contribution in [-0.4, -0.2) is 20.1 Å². The van der Waals surface area contributed by atoms with Crippen molar-refractivity contribution >= 4 is 5.91 Å². The topological polar surface area (TPSA) is 47.6 Å². The summed E-state index contributed by atoms with van der Waals surface area (Å²) >= 11 is 0. The van der Waals surface area contributed by atoms with Crippen molar-refractivity contribution in [3.05, 3.63) is 23.8 Å². The molecule has 116 valence electrons. The van der Waals surface area contributed by atoms with Crippen molar-refractivity contribution in [3.63, 3.8) is 0 Å². The van der Waals surface area contributed by atoms with Gasteiger partial charge < -0.3 is 14.8 Å². The van der Waals surface area contributed by atoms with Crippen molar-refractivity contribution in [3.8, 4) is 11.5 Å². The van der Waals surface area contributed by atoms with Gasteiger partial charge in [0.05, 0.1) is 20.3 Å². The molecule has 1 atom stereocenters. The molecule has 4 heteroatoms. The lowest BCUT2D eigenvalue weighted by atomic mass is 9.88. The summed E-state index contributed by atoms with van der Waals surface area (Å²) in [6.45, 7) is 1.98. The van der Waals surface area contributed by atoms with Crippen molar-refractivity contribution < 1.29 is 14.3 Å². The van der Waals surface area contributed by atoms with E-state index < -0.39 is 0 Å². The average molecular weight is 291 g/mol. The molecule has 4 nitrogen and oxygen atoms in total. The molecule has 0 heterocycles. The maximum Gasteiger partial charge on any atom is 0.223 e. The number of amides is 1. The molecular weight excluding hydrogens is 266 g/mol. The van der Waals surface area contributed by atoms with Crippen LogP contribution in [0.15, 0.2) is 18.2 Å². The number of carbonyl (C=O) groups is 1. The lowest BCUT2D eigenvalue weighted by Gasteiger charge is -2.24. The van der Waals surface area contributed by atoms with Gasteiger partial charge in [-0.25, -0.2) is 0 Å². The number of nitrogens with one attached hydrogen (secondary N) is 1. The Balaban J connectivity index is 2.08. The maximum absolute atomic E-state index is 12.4. The van der Waals surface area contributed by atoms with Gasteiger partial charge in [-0.3, -0.25) is 4.79 Å². The number of hydrogen-bond acceptors (Lipinski definition) is 3.